The molecule has 23 heavy (non-hydrogen) atoms. The van der Waals surface area contributed by atoms with Gasteiger partial charge in [0.1, 0.15) is 0 Å². The van der Waals surface area contributed by atoms with Gasteiger partial charge in [0.2, 0.25) is 0 Å². The van der Waals surface area contributed by atoms with Crippen molar-refractivity contribution in [3.63, 3.8) is 0 Å². The summed E-state index contributed by atoms with van der Waals surface area (Å²) in [6, 6.07) is 1.83. The van der Waals surface area contributed by atoms with Gasteiger partial charge in [-0.2, -0.15) is 0 Å². The number of hydrogen-bond acceptors (Lipinski definition) is 5. The number of hydrogen-bond donors (Lipinski definition) is 0. The summed E-state index contributed by atoms with van der Waals surface area (Å²) in [5.41, 5.74) is 0.556. The van der Waals surface area contributed by atoms with E-state index in [9.17, 15) is 4.79 Å². The van der Waals surface area contributed by atoms with Crippen molar-refractivity contribution < 1.29 is 18.8 Å². The molecule has 1 fully saturated rings. The second-order valence-corrected chi connectivity index (χ2v) is 7.06. The minimum atomic E-state index is -0.512. The van der Waals surface area contributed by atoms with Crippen LogP contribution < -0.4 is 10.4 Å². The number of nitrogens with zero attached hydrogens (tertiary/aromatic N) is 2. The Hall–Kier alpha value is -1.60. The van der Waals surface area contributed by atoms with E-state index in [0.29, 0.717) is 5.69 Å². The lowest BCUT2D eigenvalue weighted by Crippen LogP contribution is -2.41. The quantitative estimate of drug-likeness (QED) is 0.800. The second kappa shape index (κ2) is 6.13. The Morgan fingerprint density at radius 2 is 1.78 bits per heavy atom. The van der Waals surface area contributed by atoms with E-state index in [0.717, 1.165) is 5.46 Å². The summed E-state index contributed by atoms with van der Waals surface area (Å²) in [5, 5.41) is 0. The van der Waals surface area contributed by atoms with Crippen molar-refractivity contribution >= 4 is 24.4 Å². The molecule has 0 unspecified atom stereocenters. The van der Waals surface area contributed by atoms with Crippen LogP contribution in [0.25, 0.3) is 0 Å². The van der Waals surface area contributed by atoms with Gasteiger partial charge in [0.25, 0.3) is 0 Å². The first-order chi connectivity index (χ1) is 10.5. The van der Waals surface area contributed by atoms with Crippen LogP contribution in [0.3, 0.4) is 0 Å². The van der Waals surface area contributed by atoms with Gasteiger partial charge < -0.3 is 14.0 Å². The average Bonchev–Trinajstić information content (AvgIpc) is 2.66. The summed E-state index contributed by atoms with van der Waals surface area (Å²) in [6.07, 6.45) is 2.70. The van der Waals surface area contributed by atoms with Crippen LogP contribution in [-0.2, 0) is 14.0 Å². The number of carbonyl (C=O) groups excluding carboxylic acids is 1. The Balaban J connectivity index is 2.20. The monoisotopic (exact) mass is 320 g/mol. The first-order valence-corrected chi connectivity index (χ1v) is 7.78. The fourth-order valence-corrected chi connectivity index (χ4v) is 2.12. The number of aromatic nitrogens is 1. The summed E-state index contributed by atoms with van der Waals surface area (Å²) in [4.78, 5) is 17.6. The van der Waals surface area contributed by atoms with E-state index in [2.05, 4.69) is 4.98 Å². The van der Waals surface area contributed by atoms with Crippen molar-refractivity contribution in [2.75, 3.05) is 11.9 Å². The molecule has 1 aliphatic rings. The molecule has 0 aromatic carbocycles. The fourth-order valence-electron chi connectivity index (χ4n) is 2.12. The van der Waals surface area contributed by atoms with E-state index < -0.39 is 24.4 Å². The molecular weight excluding hydrogens is 295 g/mol. The average molecular weight is 320 g/mol. The Morgan fingerprint density at radius 1 is 1.22 bits per heavy atom. The highest BCUT2D eigenvalue weighted by Gasteiger charge is 2.51. The Labute approximate surface area is 138 Å². The van der Waals surface area contributed by atoms with Crippen LogP contribution in [0.15, 0.2) is 18.5 Å². The number of amides is 1. The van der Waals surface area contributed by atoms with Gasteiger partial charge in [-0.1, -0.05) is 0 Å². The zero-order valence-electron chi connectivity index (χ0n) is 14.9. The van der Waals surface area contributed by atoms with Crippen molar-refractivity contribution in [2.45, 2.75) is 58.8 Å². The summed E-state index contributed by atoms with van der Waals surface area (Å²) in [7, 11) is 1.14. The highest BCUT2D eigenvalue weighted by molar-refractivity contribution is 6.62. The van der Waals surface area contributed by atoms with Crippen molar-refractivity contribution in [3.8, 4) is 0 Å². The molecule has 1 amide bonds. The minimum absolute atomic E-state index is 0.177. The van der Waals surface area contributed by atoms with Crippen LogP contribution in [0.2, 0.25) is 0 Å². The lowest BCUT2D eigenvalue weighted by Gasteiger charge is -2.32. The minimum Gasteiger partial charge on any atom is -0.446 e. The van der Waals surface area contributed by atoms with Gasteiger partial charge in [0, 0.05) is 18.7 Å². The van der Waals surface area contributed by atoms with E-state index in [4.69, 9.17) is 14.0 Å². The predicted octanol–water partition coefficient (Wildman–Crippen LogP) is 2.36. The molecule has 0 atom stereocenters. The third kappa shape index (κ3) is 3.67. The first kappa shape index (κ1) is 17.8. The van der Waals surface area contributed by atoms with Gasteiger partial charge in [0.05, 0.1) is 29.2 Å². The highest BCUT2D eigenvalue weighted by atomic mass is 16.7. The van der Waals surface area contributed by atoms with Gasteiger partial charge in [0.15, 0.2) is 0 Å². The van der Waals surface area contributed by atoms with E-state index in [-0.39, 0.29) is 6.10 Å². The Kier molecular flexibility index (Phi) is 4.73. The SMILES string of the molecule is CC(C)OC(=O)N(C)c1cncc(B2OC(C)(C)C(C)(C)O2)c1. The van der Waals surface area contributed by atoms with Gasteiger partial charge in [-0.05, 0) is 47.6 Å². The Bertz CT molecular complexity index is 573. The van der Waals surface area contributed by atoms with Crippen LogP contribution >= 0.6 is 0 Å². The largest absolute Gasteiger partial charge is 0.496 e. The molecule has 2 heterocycles. The molecule has 0 bridgehead atoms. The first-order valence-electron chi connectivity index (χ1n) is 7.78. The van der Waals surface area contributed by atoms with E-state index in [1.54, 1.807) is 19.4 Å². The van der Waals surface area contributed by atoms with Crippen molar-refractivity contribution in [1.82, 2.24) is 4.98 Å². The van der Waals surface area contributed by atoms with E-state index >= 15 is 0 Å². The third-order valence-corrected chi connectivity index (χ3v) is 4.27. The maximum absolute atomic E-state index is 12.0. The molecule has 2 rings (SSSR count). The smallest absolute Gasteiger partial charge is 0.446 e. The van der Waals surface area contributed by atoms with Crippen molar-refractivity contribution in [3.05, 3.63) is 18.5 Å². The van der Waals surface area contributed by atoms with E-state index in [1.165, 1.54) is 4.90 Å². The standard InChI is InChI=1S/C16H25BN2O4/c1-11(2)21-14(20)19(7)13-8-12(9-18-10-13)17-22-15(3,4)16(5,6)23-17/h8-11H,1-7H3. The summed E-state index contributed by atoms with van der Waals surface area (Å²) in [5.74, 6) is 0. The molecule has 6 nitrogen and oxygen atoms in total. The van der Waals surface area contributed by atoms with Crippen LogP contribution in [-0.4, -0.2) is 42.5 Å². The maximum atomic E-state index is 12.0. The maximum Gasteiger partial charge on any atom is 0.496 e. The van der Waals surface area contributed by atoms with Gasteiger partial charge in [-0.25, -0.2) is 4.79 Å². The van der Waals surface area contributed by atoms with Crippen LogP contribution in [0.1, 0.15) is 41.5 Å². The molecular formula is C16H25BN2O4. The highest BCUT2D eigenvalue weighted by Crippen LogP contribution is 2.36. The summed E-state index contributed by atoms with van der Waals surface area (Å²) >= 11 is 0. The predicted molar refractivity (Wildman–Crippen MR) is 90.0 cm³/mol. The number of rotatable bonds is 3. The molecule has 1 aromatic rings. The molecule has 1 aliphatic heterocycles. The molecule has 7 heteroatoms. The molecule has 0 radical (unpaired) electrons. The molecule has 0 aliphatic carbocycles. The van der Waals surface area contributed by atoms with Gasteiger partial charge in [-0.15, -0.1) is 0 Å². The molecule has 0 saturated carbocycles. The van der Waals surface area contributed by atoms with E-state index in [1.807, 2.05) is 47.6 Å². The normalized spacial score (nSPS) is 19.0. The Morgan fingerprint density at radius 3 is 2.30 bits per heavy atom. The number of anilines is 1. The van der Waals surface area contributed by atoms with Crippen LogP contribution in [0.5, 0.6) is 0 Å². The number of carbonyl (C=O) groups is 1. The molecule has 0 spiro atoms. The third-order valence-electron chi connectivity index (χ3n) is 4.27. The topological polar surface area (TPSA) is 60.9 Å². The molecule has 1 saturated heterocycles. The van der Waals surface area contributed by atoms with Crippen LogP contribution in [0.4, 0.5) is 10.5 Å². The lowest BCUT2D eigenvalue weighted by atomic mass is 9.80. The molecule has 126 valence electrons. The second-order valence-electron chi connectivity index (χ2n) is 7.06. The molecule has 0 N–H and O–H groups in total. The zero-order valence-corrected chi connectivity index (χ0v) is 14.9. The summed E-state index contributed by atoms with van der Waals surface area (Å²) < 4.78 is 17.2. The van der Waals surface area contributed by atoms with Gasteiger partial charge >= 0.3 is 13.2 Å². The number of ether oxygens (including phenoxy) is 1. The van der Waals surface area contributed by atoms with Crippen molar-refractivity contribution in [2.24, 2.45) is 0 Å². The zero-order chi connectivity index (χ0) is 17.4. The van der Waals surface area contributed by atoms with Gasteiger partial charge in [-0.3, -0.25) is 9.88 Å². The number of pyridine rings is 1. The summed E-state index contributed by atoms with van der Waals surface area (Å²) in [6.45, 7) is 11.6. The molecule has 1 aromatic heterocycles. The fraction of sp³-hybridized carbons (Fsp3) is 0.625. The van der Waals surface area contributed by atoms with Crippen molar-refractivity contribution in [1.29, 1.82) is 0 Å². The van der Waals surface area contributed by atoms with Crippen LogP contribution in [0, 0.1) is 0 Å². The lowest BCUT2D eigenvalue weighted by molar-refractivity contribution is 0.00578.